The van der Waals surface area contributed by atoms with Crippen LogP contribution in [0.3, 0.4) is 0 Å². The number of benzene rings is 2. The molecule has 0 atom stereocenters. The van der Waals surface area contributed by atoms with Gasteiger partial charge in [-0.1, -0.05) is 23.7 Å². The van der Waals surface area contributed by atoms with Crippen molar-refractivity contribution in [2.75, 3.05) is 0 Å². The van der Waals surface area contributed by atoms with Gasteiger partial charge in [-0.2, -0.15) is 0 Å². The first-order valence-corrected chi connectivity index (χ1v) is 5.35. The summed E-state index contributed by atoms with van der Waals surface area (Å²) in [5.74, 6) is -0.411. The minimum absolute atomic E-state index is 0.0466. The van der Waals surface area contributed by atoms with E-state index in [0.717, 1.165) is 5.56 Å². The predicted molar refractivity (Wildman–Crippen MR) is 62.1 cm³/mol. The molecule has 0 bridgehead atoms. The van der Waals surface area contributed by atoms with Crippen molar-refractivity contribution in [2.24, 2.45) is 0 Å². The average Bonchev–Trinajstić information content (AvgIpc) is 2.31. The van der Waals surface area contributed by atoms with E-state index >= 15 is 0 Å². The van der Waals surface area contributed by atoms with Crippen LogP contribution in [0, 0.1) is 11.6 Å². The van der Waals surface area contributed by atoms with Gasteiger partial charge in [0.05, 0.1) is 5.02 Å². The Morgan fingerprint density at radius 1 is 1.06 bits per heavy atom. The first kappa shape index (κ1) is 11.9. The Morgan fingerprint density at radius 2 is 1.88 bits per heavy atom. The summed E-state index contributed by atoms with van der Waals surface area (Å²) in [6.45, 7) is 0.212. The zero-order valence-corrected chi connectivity index (χ0v) is 9.55. The SMILES string of the molecule is Fc1cccc(OCc2ccc(F)c(Cl)c2)c1. The van der Waals surface area contributed by atoms with Gasteiger partial charge >= 0.3 is 0 Å². The molecule has 0 heterocycles. The van der Waals surface area contributed by atoms with Crippen molar-refractivity contribution in [3.05, 3.63) is 64.7 Å². The maximum Gasteiger partial charge on any atom is 0.141 e. The van der Waals surface area contributed by atoms with Gasteiger partial charge in [-0.25, -0.2) is 8.78 Å². The molecule has 0 fully saturated rings. The van der Waals surface area contributed by atoms with Gasteiger partial charge in [0.1, 0.15) is 24.0 Å². The van der Waals surface area contributed by atoms with Gasteiger partial charge in [0.25, 0.3) is 0 Å². The molecule has 2 rings (SSSR count). The summed E-state index contributed by atoms with van der Waals surface area (Å²) < 4.78 is 31.1. The van der Waals surface area contributed by atoms with Crippen LogP contribution < -0.4 is 4.74 Å². The topological polar surface area (TPSA) is 9.23 Å². The van der Waals surface area contributed by atoms with Crippen LogP contribution in [-0.2, 0) is 6.61 Å². The number of ether oxygens (including phenoxy) is 1. The van der Waals surface area contributed by atoms with E-state index in [1.807, 2.05) is 0 Å². The predicted octanol–water partition coefficient (Wildman–Crippen LogP) is 4.20. The molecule has 0 unspecified atom stereocenters. The zero-order chi connectivity index (χ0) is 12.3. The average molecular weight is 255 g/mol. The first-order chi connectivity index (χ1) is 8.15. The second-order valence-corrected chi connectivity index (χ2v) is 3.90. The second kappa shape index (κ2) is 5.15. The fraction of sp³-hybridized carbons (Fsp3) is 0.0769. The fourth-order valence-electron chi connectivity index (χ4n) is 1.35. The zero-order valence-electron chi connectivity index (χ0n) is 8.79. The maximum atomic E-state index is 12.9. The molecule has 2 aromatic rings. The van der Waals surface area contributed by atoms with Crippen molar-refractivity contribution < 1.29 is 13.5 Å². The molecule has 17 heavy (non-hydrogen) atoms. The summed E-state index contributed by atoms with van der Waals surface area (Å²) in [6, 6.07) is 10.1. The number of hydrogen-bond acceptors (Lipinski definition) is 1. The molecule has 0 saturated carbocycles. The van der Waals surface area contributed by atoms with Crippen LogP contribution >= 0.6 is 11.6 Å². The van der Waals surface area contributed by atoms with Crippen LogP contribution in [0.1, 0.15) is 5.56 Å². The highest BCUT2D eigenvalue weighted by atomic mass is 35.5. The molecule has 4 heteroatoms. The molecule has 0 saturated heterocycles. The van der Waals surface area contributed by atoms with E-state index in [2.05, 4.69) is 0 Å². The van der Waals surface area contributed by atoms with E-state index in [1.165, 1.54) is 24.3 Å². The van der Waals surface area contributed by atoms with Crippen LogP contribution in [0.4, 0.5) is 8.78 Å². The highest BCUT2D eigenvalue weighted by molar-refractivity contribution is 6.30. The van der Waals surface area contributed by atoms with E-state index in [-0.39, 0.29) is 17.4 Å². The van der Waals surface area contributed by atoms with Crippen molar-refractivity contribution in [3.8, 4) is 5.75 Å². The monoisotopic (exact) mass is 254 g/mol. The van der Waals surface area contributed by atoms with Crippen molar-refractivity contribution in [3.63, 3.8) is 0 Å². The molecule has 0 amide bonds. The van der Waals surface area contributed by atoms with Gasteiger partial charge in [0, 0.05) is 6.07 Å². The Morgan fingerprint density at radius 3 is 2.59 bits per heavy atom. The number of halogens is 3. The Balaban J connectivity index is 2.05. The lowest BCUT2D eigenvalue weighted by Gasteiger charge is -2.06. The molecule has 0 aliphatic heterocycles. The van der Waals surface area contributed by atoms with Crippen molar-refractivity contribution in [1.29, 1.82) is 0 Å². The van der Waals surface area contributed by atoms with Gasteiger partial charge < -0.3 is 4.74 Å². The maximum absolute atomic E-state index is 12.9. The van der Waals surface area contributed by atoms with Gasteiger partial charge in [0.15, 0.2) is 0 Å². The largest absolute Gasteiger partial charge is 0.489 e. The normalized spacial score (nSPS) is 10.3. The molecule has 88 valence electrons. The van der Waals surface area contributed by atoms with Crippen molar-refractivity contribution in [1.82, 2.24) is 0 Å². The summed E-state index contributed by atoms with van der Waals surface area (Å²) >= 11 is 5.63. The molecule has 1 nitrogen and oxygen atoms in total. The lowest BCUT2D eigenvalue weighted by atomic mass is 10.2. The highest BCUT2D eigenvalue weighted by Gasteiger charge is 2.02. The molecule has 2 aromatic carbocycles. The fourth-order valence-corrected chi connectivity index (χ4v) is 1.56. The van der Waals surface area contributed by atoms with Gasteiger partial charge in [-0.3, -0.25) is 0 Å². The van der Waals surface area contributed by atoms with E-state index < -0.39 is 5.82 Å². The van der Waals surface area contributed by atoms with Crippen LogP contribution in [0.5, 0.6) is 5.75 Å². The van der Waals surface area contributed by atoms with E-state index in [1.54, 1.807) is 18.2 Å². The Bertz CT molecular complexity index is 529. The van der Waals surface area contributed by atoms with E-state index in [0.29, 0.717) is 5.75 Å². The van der Waals surface area contributed by atoms with E-state index in [9.17, 15) is 8.78 Å². The second-order valence-electron chi connectivity index (χ2n) is 3.49. The molecule has 0 radical (unpaired) electrons. The van der Waals surface area contributed by atoms with Crippen LogP contribution in [0.15, 0.2) is 42.5 Å². The quantitative estimate of drug-likeness (QED) is 0.798. The standard InChI is InChI=1S/C13H9ClF2O/c14-12-6-9(4-5-13(12)16)8-17-11-3-1-2-10(15)7-11/h1-7H,8H2. The van der Waals surface area contributed by atoms with Gasteiger partial charge in [0.2, 0.25) is 0 Å². The Hall–Kier alpha value is -1.61. The van der Waals surface area contributed by atoms with E-state index in [4.69, 9.17) is 16.3 Å². The summed E-state index contributed by atoms with van der Waals surface area (Å²) in [6.07, 6.45) is 0. The Labute approximate surface area is 103 Å². The van der Waals surface area contributed by atoms with Gasteiger partial charge in [-0.05, 0) is 29.8 Å². The first-order valence-electron chi connectivity index (χ1n) is 4.97. The summed E-state index contributed by atoms with van der Waals surface area (Å²) in [7, 11) is 0. The highest BCUT2D eigenvalue weighted by Crippen LogP contribution is 2.18. The number of rotatable bonds is 3. The molecule has 0 aliphatic carbocycles. The third-order valence-electron chi connectivity index (χ3n) is 2.19. The number of hydrogen-bond donors (Lipinski definition) is 0. The summed E-state index contributed by atoms with van der Waals surface area (Å²) in [5, 5.41) is 0.0466. The van der Waals surface area contributed by atoms with Crippen molar-refractivity contribution in [2.45, 2.75) is 6.61 Å². The minimum Gasteiger partial charge on any atom is -0.489 e. The van der Waals surface area contributed by atoms with Crippen LogP contribution in [0.25, 0.3) is 0 Å². The molecule has 0 aromatic heterocycles. The third-order valence-corrected chi connectivity index (χ3v) is 2.48. The van der Waals surface area contributed by atoms with Crippen LogP contribution in [-0.4, -0.2) is 0 Å². The molecular weight excluding hydrogens is 246 g/mol. The Kier molecular flexibility index (Phi) is 3.59. The van der Waals surface area contributed by atoms with Gasteiger partial charge in [-0.15, -0.1) is 0 Å². The smallest absolute Gasteiger partial charge is 0.141 e. The molecular formula is C13H9ClF2O. The molecule has 0 spiro atoms. The van der Waals surface area contributed by atoms with Crippen molar-refractivity contribution >= 4 is 11.6 Å². The molecule has 0 N–H and O–H groups in total. The lowest BCUT2D eigenvalue weighted by Crippen LogP contribution is -1.96. The summed E-state index contributed by atoms with van der Waals surface area (Å²) in [5.41, 5.74) is 0.723. The minimum atomic E-state index is -0.471. The third kappa shape index (κ3) is 3.17. The summed E-state index contributed by atoms with van der Waals surface area (Å²) in [4.78, 5) is 0. The molecule has 0 aliphatic rings. The lowest BCUT2D eigenvalue weighted by molar-refractivity contribution is 0.304. The van der Waals surface area contributed by atoms with Crippen LogP contribution in [0.2, 0.25) is 5.02 Å².